The normalized spacial score (nSPS) is 11.0. The molecule has 0 spiro atoms. The molecule has 0 radical (unpaired) electrons. The number of anilines is 1. The zero-order valence-electron chi connectivity index (χ0n) is 11.6. The van der Waals surface area contributed by atoms with Crippen LogP contribution in [0.2, 0.25) is 5.28 Å². The second-order valence-corrected chi connectivity index (χ2v) is 4.96. The van der Waals surface area contributed by atoms with Gasteiger partial charge in [0.2, 0.25) is 5.28 Å². The first kappa shape index (κ1) is 13.8. The molecule has 1 N–H and O–H groups in total. The largest absolute Gasteiger partial charge is 0.362 e. The van der Waals surface area contributed by atoms with Gasteiger partial charge < -0.3 is 9.88 Å². The molecule has 0 atom stereocenters. The number of rotatable bonds is 5. The van der Waals surface area contributed by atoms with Crippen LogP contribution >= 0.6 is 11.6 Å². The van der Waals surface area contributed by atoms with Crippen LogP contribution in [-0.4, -0.2) is 24.5 Å². The van der Waals surface area contributed by atoms with Crippen molar-refractivity contribution in [3.63, 3.8) is 0 Å². The number of fused-ring (bicyclic) bond motifs is 1. The molecule has 0 bridgehead atoms. The molecular formula is C14H15ClN6. The van der Waals surface area contributed by atoms with Crippen LogP contribution in [0.4, 0.5) is 5.82 Å². The average molecular weight is 303 g/mol. The van der Waals surface area contributed by atoms with Crippen LogP contribution < -0.4 is 5.32 Å². The van der Waals surface area contributed by atoms with E-state index in [9.17, 15) is 0 Å². The van der Waals surface area contributed by atoms with E-state index in [4.69, 9.17) is 11.6 Å². The van der Waals surface area contributed by atoms with Crippen LogP contribution in [0.1, 0.15) is 19.0 Å². The summed E-state index contributed by atoms with van der Waals surface area (Å²) in [6.45, 7) is 3.55. The second kappa shape index (κ2) is 6.05. The summed E-state index contributed by atoms with van der Waals surface area (Å²) in [5, 5.41) is 3.46. The zero-order chi connectivity index (χ0) is 14.7. The molecule has 0 aromatic carbocycles. The molecule has 0 aliphatic rings. The minimum absolute atomic E-state index is 0.188. The van der Waals surface area contributed by atoms with Crippen LogP contribution in [0, 0.1) is 0 Å². The van der Waals surface area contributed by atoms with E-state index in [1.807, 2.05) is 22.8 Å². The average Bonchev–Trinajstić information content (AvgIpc) is 2.89. The number of hydrogen-bond acceptors (Lipinski definition) is 5. The van der Waals surface area contributed by atoms with Crippen molar-refractivity contribution in [3.8, 4) is 0 Å². The monoisotopic (exact) mass is 302 g/mol. The van der Waals surface area contributed by atoms with Crippen molar-refractivity contribution < 1.29 is 0 Å². The molecule has 108 valence electrons. The van der Waals surface area contributed by atoms with Crippen LogP contribution in [0.3, 0.4) is 0 Å². The lowest BCUT2D eigenvalue weighted by Crippen LogP contribution is -2.06. The van der Waals surface area contributed by atoms with Crippen molar-refractivity contribution in [2.24, 2.45) is 0 Å². The fourth-order valence-electron chi connectivity index (χ4n) is 2.16. The van der Waals surface area contributed by atoms with Crippen LogP contribution in [-0.2, 0) is 13.1 Å². The number of nitrogens with one attached hydrogen (secondary N) is 1. The molecule has 0 fully saturated rings. The summed E-state index contributed by atoms with van der Waals surface area (Å²) in [6.07, 6.45) is 4.54. The van der Waals surface area contributed by atoms with Gasteiger partial charge in [-0.15, -0.1) is 0 Å². The predicted octanol–water partition coefficient (Wildman–Crippen LogP) is 2.90. The second-order valence-electron chi connectivity index (χ2n) is 4.63. The van der Waals surface area contributed by atoms with Crippen molar-refractivity contribution in [2.45, 2.75) is 26.4 Å². The Kier molecular flexibility index (Phi) is 3.96. The summed E-state index contributed by atoms with van der Waals surface area (Å²) in [5.74, 6) is 0.682. The Bertz CT molecular complexity index is 740. The van der Waals surface area contributed by atoms with Gasteiger partial charge in [0.25, 0.3) is 0 Å². The molecule has 0 amide bonds. The van der Waals surface area contributed by atoms with E-state index in [1.165, 1.54) is 0 Å². The first-order valence-electron chi connectivity index (χ1n) is 6.80. The molecule has 3 aromatic heterocycles. The first-order chi connectivity index (χ1) is 10.3. The topological polar surface area (TPSA) is 68.5 Å². The number of halogens is 1. The predicted molar refractivity (Wildman–Crippen MR) is 82.2 cm³/mol. The van der Waals surface area contributed by atoms with Crippen LogP contribution in [0.25, 0.3) is 11.2 Å². The van der Waals surface area contributed by atoms with E-state index < -0.39 is 0 Å². The van der Waals surface area contributed by atoms with E-state index in [1.54, 1.807) is 12.5 Å². The molecule has 6 nitrogen and oxygen atoms in total. The zero-order valence-corrected chi connectivity index (χ0v) is 12.4. The number of nitrogens with zero attached hydrogens (tertiary/aromatic N) is 5. The molecule has 21 heavy (non-hydrogen) atoms. The minimum atomic E-state index is 0.188. The summed E-state index contributed by atoms with van der Waals surface area (Å²) in [7, 11) is 0. The Balaban J connectivity index is 1.94. The number of aryl methyl sites for hydroxylation is 1. The number of aromatic nitrogens is 5. The van der Waals surface area contributed by atoms with Crippen LogP contribution in [0.5, 0.6) is 0 Å². The van der Waals surface area contributed by atoms with Gasteiger partial charge in [0.05, 0.1) is 18.6 Å². The van der Waals surface area contributed by atoms with E-state index in [0.717, 1.165) is 24.2 Å². The Morgan fingerprint density at radius 1 is 1.24 bits per heavy atom. The lowest BCUT2D eigenvalue weighted by Gasteiger charge is -2.09. The van der Waals surface area contributed by atoms with Crippen molar-refractivity contribution in [2.75, 3.05) is 5.32 Å². The van der Waals surface area contributed by atoms with Gasteiger partial charge in [0.1, 0.15) is 5.52 Å². The van der Waals surface area contributed by atoms with Gasteiger partial charge in [-0.05, 0) is 30.2 Å². The third-order valence-corrected chi connectivity index (χ3v) is 3.24. The van der Waals surface area contributed by atoms with Gasteiger partial charge in [-0.25, -0.2) is 4.98 Å². The van der Waals surface area contributed by atoms with Crippen molar-refractivity contribution in [1.29, 1.82) is 0 Å². The van der Waals surface area contributed by atoms with E-state index in [2.05, 4.69) is 32.2 Å². The SMILES string of the molecule is CCCn1cnc2nc(Cl)nc(NCc3ccccn3)c21. The first-order valence-corrected chi connectivity index (χ1v) is 7.18. The van der Waals surface area contributed by atoms with Gasteiger partial charge >= 0.3 is 0 Å². The molecule has 3 rings (SSSR count). The van der Waals surface area contributed by atoms with Crippen molar-refractivity contribution in [1.82, 2.24) is 24.5 Å². The molecule has 0 aliphatic carbocycles. The Morgan fingerprint density at radius 3 is 2.90 bits per heavy atom. The third-order valence-electron chi connectivity index (χ3n) is 3.07. The Morgan fingerprint density at radius 2 is 2.14 bits per heavy atom. The minimum Gasteiger partial charge on any atom is -0.362 e. The van der Waals surface area contributed by atoms with Gasteiger partial charge in [-0.2, -0.15) is 9.97 Å². The summed E-state index contributed by atoms with van der Waals surface area (Å²) in [4.78, 5) is 17.0. The summed E-state index contributed by atoms with van der Waals surface area (Å²) >= 11 is 5.96. The quantitative estimate of drug-likeness (QED) is 0.734. The fourth-order valence-corrected chi connectivity index (χ4v) is 2.33. The number of imidazole rings is 1. The highest BCUT2D eigenvalue weighted by atomic mass is 35.5. The summed E-state index contributed by atoms with van der Waals surface area (Å²) in [5.41, 5.74) is 2.41. The molecule has 0 unspecified atom stereocenters. The number of hydrogen-bond donors (Lipinski definition) is 1. The van der Waals surface area contributed by atoms with E-state index in [-0.39, 0.29) is 5.28 Å². The van der Waals surface area contributed by atoms with Crippen molar-refractivity contribution in [3.05, 3.63) is 41.7 Å². The third kappa shape index (κ3) is 2.95. The van der Waals surface area contributed by atoms with Gasteiger partial charge in [-0.3, -0.25) is 4.98 Å². The Labute approximate surface area is 127 Å². The smallest absolute Gasteiger partial charge is 0.226 e. The highest BCUT2D eigenvalue weighted by Gasteiger charge is 2.12. The summed E-state index contributed by atoms with van der Waals surface area (Å²) in [6, 6.07) is 5.80. The van der Waals surface area contributed by atoms with E-state index >= 15 is 0 Å². The molecule has 0 aliphatic heterocycles. The fraction of sp³-hybridized carbons (Fsp3) is 0.286. The molecular weight excluding hydrogens is 288 g/mol. The molecule has 7 heteroatoms. The maximum atomic E-state index is 5.96. The number of pyridine rings is 1. The standard InChI is InChI=1S/C14H15ClN6/c1-2-7-21-9-18-13-11(21)12(19-14(15)20-13)17-8-10-5-3-4-6-16-10/h3-6,9H,2,7-8H2,1H3,(H,17,19,20). The lowest BCUT2D eigenvalue weighted by molar-refractivity contribution is 0.696. The maximum Gasteiger partial charge on any atom is 0.226 e. The van der Waals surface area contributed by atoms with E-state index in [0.29, 0.717) is 18.0 Å². The van der Waals surface area contributed by atoms with Gasteiger partial charge in [0, 0.05) is 12.7 Å². The maximum absolute atomic E-state index is 5.96. The van der Waals surface area contributed by atoms with Gasteiger partial charge in [0.15, 0.2) is 11.5 Å². The molecule has 0 saturated carbocycles. The lowest BCUT2D eigenvalue weighted by atomic mass is 10.3. The van der Waals surface area contributed by atoms with Crippen molar-refractivity contribution >= 4 is 28.6 Å². The molecule has 3 heterocycles. The highest BCUT2D eigenvalue weighted by molar-refractivity contribution is 6.28. The Hall–Kier alpha value is -2.21. The van der Waals surface area contributed by atoms with Crippen LogP contribution in [0.15, 0.2) is 30.7 Å². The highest BCUT2D eigenvalue weighted by Crippen LogP contribution is 2.22. The molecule has 0 saturated heterocycles. The van der Waals surface area contributed by atoms with Gasteiger partial charge in [-0.1, -0.05) is 13.0 Å². The summed E-state index contributed by atoms with van der Waals surface area (Å²) < 4.78 is 2.03. The molecule has 3 aromatic rings.